The molecule has 2 aromatic rings. The number of rotatable bonds is 3. The molecule has 3 rings (SSSR count). The van der Waals surface area contributed by atoms with Crippen molar-refractivity contribution in [3.05, 3.63) is 29.3 Å². The van der Waals surface area contributed by atoms with Gasteiger partial charge in [-0.3, -0.25) is 0 Å². The lowest BCUT2D eigenvalue weighted by Gasteiger charge is -2.29. The maximum atomic E-state index is 4.75. The average molecular weight is 261 g/mol. The van der Waals surface area contributed by atoms with Gasteiger partial charge in [-0.1, -0.05) is 19.1 Å². The summed E-state index contributed by atoms with van der Waals surface area (Å²) in [5, 5.41) is 4.67. The molecule has 1 unspecified atom stereocenters. The third kappa shape index (κ3) is 2.55. The van der Waals surface area contributed by atoms with E-state index in [9.17, 15) is 0 Å². The van der Waals surface area contributed by atoms with Gasteiger partial charge in [0.2, 0.25) is 0 Å². The summed E-state index contributed by atoms with van der Waals surface area (Å²) >= 11 is 1.84. The van der Waals surface area contributed by atoms with E-state index in [1.165, 1.54) is 9.71 Å². The van der Waals surface area contributed by atoms with Gasteiger partial charge in [0.1, 0.15) is 0 Å². The molecule has 1 saturated heterocycles. The third-order valence-electron chi connectivity index (χ3n) is 3.47. The van der Waals surface area contributed by atoms with E-state index in [0.717, 1.165) is 38.2 Å². The molecule has 1 atom stereocenters. The second-order valence-electron chi connectivity index (χ2n) is 4.97. The van der Waals surface area contributed by atoms with Gasteiger partial charge in [0.25, 0.3) is 0 Å². The monoisotopic (exact) mass is 261 g/mol. The Bertz CT molecular complexity index is 483. The van der Waals surface area contributed by atoms with Crippen molar-refractivity contribution >= 4 is 21.6 Å². The Kier molecular flexibility index (Phi) is 3.59. The van der Waals surface area contributed by atoms with E-state index in [-0.39, 0.29) is 0 Å². The van der Waals surface area contributed by atoms with Gasteiger partial charge in [0.15, 0.2) is 0 Å². The molecule has 0 saturated carbocycles. The Morgan fingerprint density at radius 2 is 2.11 bits per heavy atom. The minimum absolute atomic E-state index is 0.528. The second-order valence-corrected chi connectivity index (χ2v) is 6.03. The zero-order valence-electron chi connectivity index (χ0n) is 10.7. The van der Waals surface area contributed by atoms with Gasteiger partial charge in [-0.25, -0.2) is 4.98 Å². The summed E-state index contributed by atoms with van der Waals surface area (Å²) in [6.07, 6.45) is 0. The third-order valence-corrected chi connectivity index (χ3v) is 4.74. The number of nitrogens with one attached hydrogen (secondary N) is 1. The van der Waals surface area contributed by atoms with Crippen LogP contribution in [-0.4, -0.2) is 42.6 Å². The smallest absolute Gasteiger partial charge is 0.0979 e. The summed E-state index contributed by atoms with van der Waals surface area (Å²) in [4.78, 5) is 7.29. The largest absolute Gasteiger partial charge is 0.314 e. The van der Waals surface area contributed by atoms with Crippen LogP contribution in [0, 0.1) is 0 Å². The first-order valence-electron chi connectivity index (χ1n) is 6.61. The highest BCUT2D eigenvalue weighted by Gasteiger charge is 2.17. The summed E-state index contributed by atoms with van der Waals surface area (Å²) in [5.41, 5.74) is 1.14. The van der Waals surface area contributed by atoms with Crippen molar-refractivity contribution in [3.63, 3.8) is 0 Å². The fraction of sp³-hybridized carbons (Fsp3) is 0.500. The Morgan fingerprint density at radius 3 is 2.89 bits per heavy atom. The van der Waals surface area contributed by atoms with Crippen molar-refractivity contribution in [1.82, 2.24) is 15.2 Å². The Hall–Kier alpha value is -0.970. The first kappa shape index (κ1) is 12.1. The van der Waals surface area contributed by atoms with Gasteiger partial charge in [0, 0.05) is 38.6 Å². The Balaban J connectivity index is 1.72. The summed E-state index contributed by atoms with van der Waals surface area (Å²) in [6, 6.07) is 8.42. The molecule has 1 aromatic heterocycles. The number of hydrogen-bond donors (Lipinski definition) is 1. The highest BCUT2D eigenvalue weighted by molar-refractivity contribution is 7.18. The highest BCUT2D eigenvalue weighted by Crippen LogP contribution is 2.27. The number of para-hydroxylation sites is 1. The number of aromatic nitrogens is 1. The predicted molar refractivity (Wildman–Crippen MR) is 77.3 cm³/mol. The van der Waals surface area contributed by atoms with Crippen molar-refractivity contribution in [3.8, 4) is 0 Å². The zero-order chi connectivity index (χ0) is 12.4. The molecule has 2 heterocycles. The van der Waals surface area contributed by atoms with Crippen molar-refractivity contribution in [2.45, 2.75) is 12.8 Å². The summed E-state index contributed by atoms with van der Waals surface area (Å²) in [5.74, 6) is 0.528. The van der Waals surface area contributed by atoms with Crippen LogP contribution in [0.1, 0.15) is 17.8 Å². The van der Waals surface area contributed by atoms with Crippen LogP contribution in [0.3, 0.4) is 0 Å². The molecule has 3 nitrogen and oxygen atoms in total. The van der Waals surface area contributed by atoms with Crippen molar-refractivity contribution in [1.29, 1.82) is 0 Å². The Labute approximate surface area is 112 Å². The van der Waals surface area contributed by atoms with Crippen LogP contribution in [0.25, 0.3) is 10.2 Å². The van der Waals surface area contributed by atoms with Crippen LogP contribution in [-0.2, 0) is 0 Å². The second kappa shape index (κ2) is 5.34. The topological polar surface area (TPSA) is 28.2 Å². The molecule has 1 aliphatic heterocycles. The van der Waals surface area contributed by atoms with Crippen LogP contribution in [0.15, 0.2) is 24.3 Å². The predicted octanol–water partition coefficient (Wildman–Crippen LogP) is 2.30. The fourth-order valence-electron chi connectivity index (χ4n) is 2.46. The lowest BCUT2D eigenvalue weighted by Crippen LogP contribution is -2.44. The van der Waals surface area contributed by atoms with E-state index in [0.29, 0.717) is 5.92 Å². The molecule has 0 radical (unpaired) electrons. The average Bonchev–Trinajstić information content (AvgIpc) is 2.84. The molecule has 0 amide bonds. The van der Waals surface area contributed by atoms with E-state index in [1.54, 1.807) is 0 Å². The highest BCUT2D eigenvalue weighted by atomic mass is 32.1. The molecular weight excluding hydrogens is 242 g/mol. The molecule has 1 fully saturated rings. The SMILES string of the molecule is CC(CN1CCNCC1)c1nc2ccccc2s1. The number of hydrogen-bond acceptors (Lipinski definition) is 4. The maximum Gasteiger partial charge on any atom is 0.0979 e. The molecule has 1 aromatic carbocycles. The number of piperazine rings is 1. The molecule has 96 valence electrons. The van der Waals surface area contributed by atoms with Crippen molar-refractivity contribution < 1.29 is 0 Å². The van der Waals surface area contributed by atoms with Crippen LogP contribution >= 0.6 is 11.3 Å². The quantitative estimate of drug-likeness (QED) is 0.919. The lowest BCUT2D eigenvalue weighted by molar-refractivity contribution is 0.230. The maximum absolute atomic E-state index is 4.75. The summed E-state index contributed by atoms with van der Waals surface area (Å²) in [7, 11) is 0. The van der Waals surface area contributed by atoms with E-state index in [2.05, 4.69) is 41.4 Å². The molecule has 18 heavy (non-hydrogen) atoms. The van der Waals surface area contributed by atoms with Crippen LogP contribution in [0.2, 0.25) is 0 Å². The van der Waals surface area contributed by atoms with Gasteiger partial charge < -0.3 is 10.2 Å². The molecule has 0 aliphatic carbocycles. The van der Waals surface area contributed by atoms with E-state index in [1.807, 2.05) is 11.3 Å². The molecule has 0 bridgehead atoms. The molecule has 4 heteroatoms. The fourth-order valence-corrected chi connectivity index (χ4v) is 3.47. The van der Waals surface area contributed by atoms with E-state index in [4.69, 9.17) is 4.98 Å². The molecular formula is C14H19N3S. The number of nitrogens with zero attached hydrogens (tertiary/aromatic N) is 2. The minimum Gasteiger partial charge on any atom is -0.314 e. The normalized spacial score (nSPS) is 19.2. The number of benzene rings is 1. The molecule has 1 N–H and O–H groups in total. The van der Waals surface area contributed by atoms with Gasteiger partial charge in [-0.15, -0.1) is 11.3 Å². The van der Waals surface area contributed by atoms with Crippen LogP contribution < -0.4 is 5.32 Å². The minimum atomic E-state index is 0.528. The van der Waals surface area contributed by atoms with Gasteiger partial charge in [-0.2, -0.15) is 0 Å². The Morgan fingerprint density at radius 1 is 1.33 bits per heavy atom. The molecule has 0 spiro atoms. The van der Waals surface area contributed by atoms with Crippen molar-refractivity contribution in [2.24, 2.45) is 0 Å². The zero-order valence-corrected chi connectivity index (χ0v) is 11.5. The number of thiazole rings is 1. The van der Waals surface area contributed by atoms with E-state index < -0.39 is 0 Å². The molecule has 1 aliphatic rings. The first-order chi connectivity index (χ1) is 8.83. The first-order valence-corrected chi connectivity index (χ1v) is 7.43. The summed E-state index contributed by atoms with van der Waals surface area (Å²) in [6.45, 7) is 7.98. The van der Waals surface area contributed by atoms with Gasteiger partial charge >= 0.3 is 0 Å². The van der Waals surface area contributed by atoms with Crippen LogP contribution in [0.4, 0.5) is 0 Å². The van der Waals surface area contributed by atoms with Crippen molar-refractivity contribution in [2.75, 3.05) is 32.7 Å². The standard InChI is InChI=1S/C14H19N3S/c1-11(10-17-8-6-15-7-9-17)14-16-12-4-2-3-5-13(12)18-14/h2-5,11,15H,6-10H2,1H3. The summed E-state index contributed by atoms with van der Waals surface area (Å²) < 4.78 is 1.31. The lowest BCUT2D eigenvalue weighted by atomic mass is 10.1. The van der Waals surface area contributed by atoms with Crippen LogP contribution in [0.5, 0.6) is 0 Å². The van der Waals surface area contributed by atoms with Gasteiger partial charge in [-0.05, 0) is 12.1 Å². The van der Waals surface area contributed by atoms with E-state index >= 15 is 0 Å². The van der Waals surface area contributed by atoms with Gasteiger partial charge in [0.05, 0.1) is 15.2 Å². The number of fused-ring (bicyclic) bond motifs is 1.